The zero-order valence-corrected chi connectivity index (χ0v) is 17.8. The topological polar surface area (TPSA) is 98.8 Å². The van der Waals surface area contributed by atoms with Crippen molar-refractivity contribution in [3.05, 3.63) is 52.2 Å². The van der Waals surface area contributed by atoms with Crippen LogP contribution in [0.15, 0.2) is 46.7 Å². The number of benzene rings is 1. The maximum atomic E-state index is 12.4. The summed E-state index contributed by atoms with van der Waals surface area (Å²) in [6.45, 7) is 3.70. The fourth-order valence-electron chi connectivity index (χ4n) is 3.05. The van der Waals surface area contributed by atoms with E-state index in [-0.39, 0.29) is 17.3 Å². The Balaban J connectivity index is 1.45. The zero-order chi connectivity index (χ0) is 20.9. The number of piperazine rings is 1. The summed E-state index contributed by atoms with van der Waals surface area (Å²) in [4.78, 5) is 30.1. The minimum absolute atomic E-state index is 0.0769. The van der Waals surface area contributed by atoms with Crippen LogP contribution in [-0.2, 0) is 21.4 Å². The van der Waals surface area contributed by atoms with E-state index >= 15 is 0 Å². The first-order valence-electron chi connectivity index (χ1n) is 9.23. The molecule has 1 fully saturated rings. The van der Waals surface area contributed by atoms with Gasteiger partial charge >= 0.3 is 0 Å². The summed E-state index contributed by atoms with van der Waals surface area (Å²) in [5.41, 5.74) is 0.300. The van der Waals surface area contributed by atoms with Crippen LogP contribution in [0.5, 0.6) is 0 Å². The maximum Gasteiger partial charge on any atom is 0.251 e. The molecule has 0 bridgehead atoms. The van der Waals surface area contributed by atoms with Crippen LogP contribution in [0.3, 0.4) is 0 Å². The quantitative estimate of drug-likeness (QED) is 0.667. The molecular weight excluding hydrogens is 412 g/mol. The van der Waals surface area contributed by atoms with Crippen LogP contribution >= 0.6 is 11.3 Å². The van der Waals surface area contributed by atoms with Gasteiger partial charge in [-0.05, 0) is 42.8 Å². The molecule has 3 rings (SSSR count). The molecule has 0 saturated carbocycles. The Morgan fingerprint density at radius 3 is 2.34 bits per heavy atom. The van der Waals surface area contributed by atoms with Crippen LogP contribution in [0.1, 0.15) is 15.2 Å². The molecule has 29 heavy (non-hydrogen) atoms. The predicted molar refractivity (Wildman–Crippen MR) is 111 cm³/mol. The Hall–Kier alpha value is -2.27. The molecule has 1 saturated heterocycles. The molecule has 2 amide bonds. The van der Waals surface area contributed by atoms with E-state index in [9.17, 15) is 18.0 Å². The highest BCUT2D eigenvalue weighted by Crippen LogP contribution is 2.14. The normalized spacial score (nSPS) is 15.3. The number of amides is 2. The number of carbonyl (C=O) groups is 2. The molecule has 2 aromatic rings. The number of nitrogens with one attached hydrogen (secondary N) is 2. The highest BCUT2D eigenvalue weighted by molar-refractivity contribution is 7.89. The van der Waals surface area contributed by atoms with E-state index in [4.69, 9.17) is 0 Å². The molecule has 1 aliphatic heterocycles. The van der Waals surface area contributed by atoms with E-state index in [2.05, 4.69) is 26.4 Å². The van der Waals surface area contributed by atoms with E-state index in [1.54, 1.807) is 16.2 Å². The van der Waals surface area contributed by atoms with Gasteiger partial charge in [-0.15, -0.1) is 11.3 Å². The average molecular weight is 437 g/mol. The SMILES string of the molecule is CNS(=O)(=O)c1ccc(C(=O)NCC(=O)N2CCN(Cc3cccs3)CC2)cc1. The number of hydrogen-bond acceptors (Lipinski definition) is 6. The molecule has 8 nitrogen and oxygen atoms in total. The van der Waals surface area contributed by atoms with Gasteiger partial charge in [0.15, 0.2) is 0 Å². The van der Waals surface area contributed by atoms with Crippen molar-refractivity contribution in [1.82, 2.24) is 19.8 Å². The van der Waals surface area contributed by atoms with Crippen LogP contribution in [0.4, 0.5) is 0 Å². The number of rotatable bonds is 7. The first-order chi connectivity index (χ1) is 13.9. The van der Waals surface area contributed by atoms with Crippen molar-refractivity contribution in [2.45, 2.75) is 11.4 Å². The van der Waals surface area contributed by atoms with E-state index in [0.717, 1.165) is 19.6 Å². The van der Waals surface area contributed by atoms with E-state index in [1.807, 2.05) is 6.07 Å². The van der Waals surface area contributed by atoms with Gasteiger partial charge in [-0.3, -0.25) is 14.5 Å². The molecule has 0 radical (unpaired) electrons. The van der Waals surface area contributed by atoms with Crippen LogP contribution in [-0.4, -0.2) is 69.8 Å². The first-order valence-corrected chi connectivity index (χ1v) is 11.6. The summed E-state index contributed by atoms with van der Waals surface area (Å²) in [5.74, 6) is -0.536. The van der Waals surface area contributed by atoms with Gasteiger partial charge < -0.3 is 10.2 Å². The van der Waals surface area contributed by atoms with Gasteiger partial charge in [-0.25, -0.2) is 13.1 Å². The Morgan fingerprint density at radius 1 is 1.07 bits per heavy atom. The van der Waals surface area contributed by atoms with Crippen LogP contribution in [0.25, 0.3) is 0 Å². The number of sulfonamides is 1. The third-order valence-electron chi connectivity index (χ3n) is 4.78. The van der Waals surface area contributed by atoms with Crippen molar-refractivity contribution >= 4 is 33.2 Å². The number of hydrogen-bond donors (Lipinski definition) is 2. The number of thiophene rings is 1. The van der Waals surface area contributed by atoms with Gasteiger partial charge in [0, 0.05) is 43.2 Å². The second-order valence-electron chi connectivity index (χ2n) is 6.65. The summed E-state index contributed by atoms with van der Waals surface area (Å²) >= 11 is 1.73. The lowest BCUT2D eigenvalue weighted by Gasteiger charge is -2.34. The number of carbonyl (C=O) groups excluding carboxylic acids is 2. The maximum absolute atomic E-state index is 12.4. The Morgan fingerprint density at radius 2 is 1.76 bits per heavy atom. The van der Waals surface area contributed by atoms with Crippen molar-refractivity contribution in [1.29, 1.82) is 0 Å². The fourth-order valence-corrected chi connectivity index (χ4v) is 4.53. The Labute approximate surface area is 174 Å². The second-order valence-corrected chi connectivity index (χ2v) is 9.57. The lowest BCUT2D eigenvalue weighted by Crippen LogP contribution is -2.50. The van der Waals surface area contributed by atoms with Gasteiger partial charge in [0.1, 0.15) is 0 Å². The van der Waals surface area contributed by atoms with Crippen LogP contribution in [0.2, 0.25) is 0 Å². The molecule has 0 aliphatic carbocycles. The molecular formula is C19H24N4O4S2. The summed E-state index contributed by atoms with van der Waals surface area (Å²) < 4.78 is 25.7. The zero-order valence-electron chi connectivity index (χ0n) is 16.1. The third-order valence-corrected chi connectivity index (χ3v) is 7.07. The number of nitrogens with zero attached hydrogens (tertiary/aromatic N) is 2. The van der Waals surface area contributed by atoms with Crippen molar-refractivity contribution in [2.75, 3.05) is 39.8 Å². The average Bonchev–Trinajstić information content (AvgIpc) is 3.25. The van der Waals surface area contributed by atoms with Crippen molar-refractivity contribution in [3.63, 3.8) is 0 Å². The van der Waals surface area contributed by atoms with Gasteiger partial charge in [0.2, 0.25) is 15.9 Å². The molecule has 1 aliphatic rings. The van der Waals surface area contributed by atoms with Crippen molar-refractivity contribution in [3.8, 4) is 0 Å². The predicted octanol–water partition coefficient (Wildman–Crippen LogP) is 0.730. The lowest BCUT2D eigenvalue weighted by atomic mass is 10.2. The first kappa shape index (κ1) is 21.4. The highest BCUT2D eigenvalue weighted by atomic mass is 32.2. The van der Waals surface area contributed by atoms with E-state index in [0.29, 0.717) is 18.7 Å². The molecule has 156 valence electrons. The Bertz CT molecular complexity index is 935. The minimum atomic E-state index is -3.55. The lowest BCUT2D eigenvalue weighted by molar-refractivity contribution is -0.131. The van der Waals surface area contributed by atoms with Gasteiger partial charge in [-0.1, -0.05) is 6.07 Å². The van der Waals surface area contributed by atoms with Crippen molar-refractivity contribution in [2.24, 2.45) is 0 Å². The summed E-state index contributed by atoms with van der Waals surface area (Å²) in [7, 11) is -2.22. The standard InChI is InChI=1S/C19H24N4O4S2/c1-20-29(26,27)17-6-4-15(5-7-17)19(25)21-13-18(24)23-10-8-22(9-11-23)14-16-3-2-12-28-16/h2-7,12,20H,8-11,13-14H2,1H3,(H,21,25). The van der Waals surface area contributed by atoms with Gasteiger partial charge in [-0.2, -0.15) is 0 Å². The van der Waals surface area contributed by atoms with E-state index in [1.165, 1.54) is 36.2 Å². The summed E-state index contributed by atoms with van der Waals surface area (Å²) in [6.07, 6.45) is 0. The van der Waals surface area contributed by atoms with Crippen LogP contribution < -0.4 is 10.0 Å². The highest BCUT2D eigenvalue weighted by Gasteiger charge is 2.22. The smallest absolute Gasteiger partial charge is 0.251 e. The third kappa shape index (κ3) is 5.63. The monoisotopic (exact) mass is 436 g/mol. The largest absolute Gasteiger partial charge is 0.343 e. The fraction of sp³-hybridized carbons (Fsp3) is 0.368. The second kappa shape index (κ2) is 9.49. The minimum Gasteiger partial charge on any atom is -0.343 e. The van der Waals surface area contributed by atoms with E-state index < -0.39 is 15.9 Å². The molecule has 0 unspecified atom stereocenters. The summed E-state index contributed by atoms with van der Waals surface area (Å²) in [6, 6.07) is 9.71. The van der Waals surface area contributed by atoms with Crippen LogP contribution in [0, 0.1) is 0 Å². The molecule has 10 heteroatoms. The molecule has 2 N–H and O–H groups in total. The molecule has 1 aromatic heterocycles. The molecule has 0 atom stereocenters. The van der Waals surface area contributed by atoms with Gasteiger partial charge in [0.05, 0.1) is 11.4 Å². The van der Waals surface area contributed by atoms with Gasteiger partial charge in [0.25, 0.3) is 5.91 Å². The molecule has 1 aromatic carbocycles. The molecule has 2 heterocycles. The van der Waals surface area contributed by atoms with Crippen molar-refractivity contribution < 1.29 is 18.0 Å². The summed E-state index contributed by atoms with van der Waals surface area (Å²) in [5, 5.41) is 4.67. The Kier molecular flexibility index (Phi) is 7.01. The molecule has 0 spiro atoms.